The van der Waals surface area contributed by atoms with E-state index >= 15 is 0 Å². The van der Waals surface area contributed by atoms with Gasteiger partial charge in [-0.1, -0.05) is 69.8 Å². The van der Waals surface area contributed by atoms with Gasteiger partial charge < -0.3 is 15.3 Å². The Bertz CT molecular complexity index is 608. The van der Waals surface area contributed by atoms with Gasteiger partial charge in [-0.15, -0.1) is 0 Å². The van der Waals surface area contributed by atoms with E-state index in [2.05, 4.69) is 31.2 Å². The molecule has 0 saturated heterocycles. The highest BCUT2D eigenvalue weighted by molar-refractivity contribution is 6.01. The number of hydrogen-bond acceptors (Lipinski definition) is 4. The molecule has 28 heavy (non-hydrogen) atoms. The third kappa shape index (κ3) is 10.2. The standard InChI is InChI=1S/C24H36O4/c1-2-3-4-5-6-7-8-9-10-11-12-13-14-15-16-17-21(26)24-22(27)18-20(25)19-23(24)28/h5-6,8-9,18-19,25,27-28H,2-4,7,10-17H2,1H3/b6-5-,9-8-. The fourth-order valence-corrected chi connectivity index (χ4v) is 3.09. The Hall–Kier alpha value is -2.23. The minimum atomic E-state index is -0.369. The van der Waals surface area contributed by atoms with Crippen LogP contribution in [-0.4, -0.2) is 21.1 Å². The van der Waals surface area contributed by atoms with Crippen LogP contribution in [0.25, 0.3) is 0 Å². The summed E-state index contributed by atoms with van der Waals surface area (Å²) >= 11 is 0. The van der Waals surface area contributed by atoms with Crippen molar-refractivity contribution in [3.8, 4) is 17.2 Å². The average molecular weight is 389 g/mol. The number of aromatic hydroxyl groups is 3. The van der Waals surface area contributed by atoms with E-state index in [0.29, 0.717) is 6.42 Å². The summed E-state index contributed by atoms with van der Waals surface area (Å²) in [6.07, 6.45) is 21.5. The number of Topliss-reactive ketones (excluding diaryl/α,β-unsaturated/α-hetero) is 1. The molecule has 0 aliphatic rings. The molecule has 0 saturated carbocycles. The molecule has 0 radical (unpaired) electrons. The summed E-state index contributed by atoms with van der Waals surface area (Å²) in [5, 5.41) is 28.7. The van der Waals surface area contributed by atoms with Crippen molar-refractivity contribution in [2.75, 3.05) is 0 Å². The van der Waals surface area contributed by atoms with Gasteiger partial charge in [-0.3, -0.25) is 4.79 Å². The second kappa shape index (κ2) is 14.8. The van der Waals surface area contributed by atoms with Gasteiger partial charge >= 0.3 is 0 Å². The van der Waals surface area contributed by atoms with Gasteiger partial charge in [-0.2, -0.15) is 0 Å². The minimum absolute atomic E-state index is 0.0928. The predicted octanol–water partition coefficient (Wildman–Crippen LogP) is 6.80. The Labute approximate surface area is 169 Å². The molecule has 4 heteroatoms. The maximum atomic E-state index is 12.1. The molecule has 1 rings (SSSR count). The van der Waals surface area contributed by atoms with Crippen LogP contribution >= 0.6 is 0 Å². The summed E-state index contributed by atoms with van der Waals surface area (Å²) in [5.41, 5.74) is -0.0928. The normalized spacial score (nSPS) is 11.6. The lowest BCUT2D eigenvalue weighted by Gasteiger charge is -2.07. The highest BCUT2D eigenvalue weighted by Crippen LogP contribution is 2.33. The van der Waals surface area contributed by atoms with Crippen molar-refractivity contribution in [3.05, 3.63) is 42.0 Å². The lowest BCUT2D eigenvalue weighted by Crippen LogP contribution is -2.00. The Morgan fingerprint density at radius 2 is 1.32 bits per heavy atom. The van der Waals surface area contributed by atoms with Crippen LogP contribution in [0.3, 0.4) is 0 Å². The van der Waals surface area contributed by atoms with E-state index in [-0.39, 0.29) is 28.6 Å². The van der Waals surface area contributed by atoms with Crippen LogP contribution in [0.1, 0.15) is 94.3 Å². The molecule has 0 spiro atoms. The van der Waals surface area contributed by atoms with Gasteiger partial charge in [0.1, 0.15) is 22.8 Å². The van der Waals surface area contributed by atoms with Crippen molar-refractivity contribution in [2.24, 2.45) is 0 Å². The number of ketones is 1. The van der Waals surface area contributed by atoms with Crippen LogP contribution in [0.4, 0.5) is 0 Å². The number of unbranched alkanes of at least 4 members (excludes halogenated alkanes) is 8. The van der Waals surface area contributed by atoms with Crippen molar-refractivity contribution in [1.82, 2.24) is 0 Å². The van der Waals surface area contributed by atoms with E-state index in [0.717, 1.165) is 50.7 Å². The zero-order chi connectivity index (χ0) is 20.6. The molecular formula is C24H36O4. The molecule has 1 aromatic carbocycles. The van der Waals surface area contributed by atoms with Crippen LogP contribution in [0.5, 0.6) is 17.2 Å². The molecular weight excluding hydrogens is 352 g/mol. The molecule has 4 nitrogen and oxygen atoms in total. The number of hydrogen-bond donors (Lipinski definition) is 3. The summed E-state index contributed by atoms with van der Waals surface area (Å²) in [6, 6.07) is 2.15. The average Bonchev–Trinajstić information content (AvgIpc) is 2.64. The Kier molecular flexibility index (Phi) is 12.6. The highest BCUT2D eigenvalue weighted by atomic mass is 16.3. The van der Waals surface area contributed by atoms with Crippen LogP contribution in [0.2, 0.25) is 0 Å². The molecule has 0 fully saturated rings. The molecule has 0 amide bonds. The van der Waals surface area contributed by atoms with E-state index in [1.807, 2.05) is 0 Å². The van der Waals surface area contributed by atoms with Gasteiger partial charge in [0.2, 0.25) is 0 Å². The number of phenolic OH excluding ortho intramolecular Hbond substituents is 3. The predicted molar refractivity (Wildman–Crippen MR) is 115 cm³/mol. The van der Waals surface area contributed by atoms with Crippen molar-refractivity contribution in [2.45, 2.75) is 84.0 Å². The smallest absolute Gasteiger partial charge is 0.170 e. The monoisotopic (exact) mass is 388 g/mol. The van der Waals surface area contributed by atoms with Gasteiger partial charge in [0.05, 0.1) is 0 Å². The maximum Gasteiger partial charge on any atom is 0.170 e. The third-order valence-corrected chi connectivity index (χ3v) is 4.71. The third-order valence-electron chi connectivity index (χ3n) is 4.71. The number of rotatable bonds is 15. The second-order valence-corrected chi connectivity index (χ2v) is 7.26. The number of benzene rings is 1. The lowest BCUT2D eigenvalue weighted by molar-refractivity contribution is 0.0973. The van der Waals surface area contributed by atoms with Gasteiger partial charge in [-0.05, 0) is 32.1 Å². The molecule has 0 aromatic heterocycles. The van der Waals surface area contributed by atoms with Crippen molar-refractivity contribution >= 4 is 5.78 Å². The van der Waals surface area contributed by atoms with Crippen molar-refractivity contribution in [1.29, 1.82) is 0 Å². The van der Waals surface area contributed by atoms with Gasteiger partial charge in [0.25, 0.3) is 0 Å². The summed E-state index contributed by atoms with van der Waals surface area (Å²) in [7, 11) is 0. The van der Waals surface area contributed by atoms with E-state index in [1.54, 1.807) is 0 Å². The molecule has 1 aromatic rings. The summed E-state index contributed by atoms with van der Waals surface area (Å²) in [6.45, 7) is 2.21. The van der Waals surface area contributed by atoms with Crippen LogP contribution < -0.4 is 0 Å². The molecule has 0 aliphatic heterocycles. The number of phenols is 3. The first-order valence-corrected chi connectivity index (χ1v) is 10.6. The van der Waals surface area contributed by atoms with Crippen molar-refractivity contribution < 1.29 is 20.1 Å². The SMILES string of the molecule is CCCC/C=C\C/C=C\CCCCCCCCC(=O)c1c(O)cc(O)cc1O. The zero-order valence-electron chi connectivity index (χ0n) is 17.2. The number of carbonyl (C=O) groups excluding carboxylic acids is 1. The fraction of sp³-hybridized carbons (Fsp3) is 0.542. The molecule has 156 valence electrons. The fourth-order valence-electron chi connectivity index (χ4n) is 3.09. The quantitative estimate of drug-likeness (QED) is 0.175. The molecule has 0 aliphatic carbocycles. The molecule has 0 unspecified atom stereocenters. The summed E-state index contributed by atoms with van der Waals surface area (Å²) in [5.74, 6) is -1.28. The van der Waals surface area contributed by atoms with Crippen LogP contribution in [0, 0.1) is 0 Å². The Morgan fingerprint density at radius 1 is 0.786 bits per heavy atom. The highest BCUT2D eigenvalue weighted by Gasteiger charge is 2.17. The molecule has 0 atom stereocenters. The summed E-state index contributed by atoms with van der Waals surface area (Å²) < 4.78 is 0. The van der Waals surface area contributed by atoms with Crippen molar-refractivity contribution in [3.63, 3.8) is 0 Å². The van der Waals surface area contributed by atoms with E-state index in [9.17, 15) is 20.1 Å². The topological polar surface area (TPSA) is 77.8 Å². The van der Waals surface area contributed by atoms with E-state index < -0.39 is 0 Å². The second-order valence-electron chi connectivity index (χ2n) is 7.26. The zero-order valence-corrected chi connectivity index (χ0v) is 17.2. The molecule has 0 heterocycles. The maximum absolute atomic E-state index is 12.1. The lowest BCUT2D eigenvalue weighted by atomic mass is 10.0. The van der Waals surface area contributed by atoms with E-state index in [1.165, 1.54) is 32.1 Å². The first-order chi connectivity index (χ1) is 13.6. The molecule has 0 bridgehead atoms. The number of carbonyl (C=O) groups is 1. The Balaban J connectivity index is 2.04. The Morgan fingerprint density at radius 3 is 1.93 bits per heavy atom. The van der Waals surface area contributed by atoms with Crippen LogP contribution in [0.15, 0.2) is 36.4 Å². The molecule has 3 N–H and O–H groups in total. The van der Waals surface area contributed by atoms with Gasteiger partial charge in [-0.25, -0.2) is 0 Å². The van der Waals surface area contributed by atoms with Gasteiger partial charge in [0, 0.05) is 18.6 Å². The number of allylic oxidation sites excluding steroid dienone is 4. The largest absolute Gasteiger partial charge is 0.508 e. The summed E-state index contributed by atoms with van der Waals surface area (Å²) in [4.78, 5) is 12.1. The first kappa shape index (κ1) is 23.8. The van der Waals surface area contributed by atoms with E-state index in [4.69, 9.17) is 0 Å². The van der Waals surface area contributed by atoms with Crippen LogP contribution in [-0.2, 0) is 0 Å². The first-order valence-electron chi connectivity index (χ1n) is 10.6. The minimum Gasteiger partial charge on any atom is -0.508 e. The van der Waals surface area contributed by atoms with Gasteiger partial charge in [0.15, 0.2) is 5.78 Å².